The van der Waals surface area contributed by atoms with Crippen molar-refractivity contribution in [3.63, 3.8) is 0 Å². The van der Waals surface area contributed by atoms with Gasteiger partial charge in [0.2, 0.25) is 10.0 Å². The summed E-state index contributed by atoms with van der Waals surface area (Å²) in [7, 11) is -3.28. The highest BCUT2D eigenvalue weighted by atomic mass is 32.2. The van der Waals surface area contributed by atoms with Crippen LogP contribution in [-0.4, -0.2) is 39.7 Å². The largest absolute Gasteiger partial charge is 0.349 e. The van der Waals surface area contributed by atoms with Gasteiger partial charge in [-0.25, -0.2) is 8.42 Å². The fourth-order valence-corrected chi connectivity index (χ4v) is 4.81. The van der Waals surface area contributed by atoms with Crippen molar-refractivity contribution in [3.8, 4) is 0 Å². The molecule has 1 aliphatic carbocycles. The molecule has 2 atom stereocenters. The van der Waals surface area contributed by atoms with Crippen molar-refractivity contribution in [3.05, 3.63) is 29.3 Å². The first-order chi connectivity index (χ1) is 11.4. The van der Waals surface area contributed by atoms with E-state index in [4.69, 9.17) is 5.73 Å². The second-order valence-corrected chi connectivity index (χ2v) is 8.70. The average Bonchev–Trinajstić information content (AvgIpc) is 3.00. The summed E-state index contributed by atoms with van der Waals surface area (Å²) in [5.41, 5.74) is 7.97. The molecule has 132 valence electrons. The number of nitrogens with zero attached hydrogens (tertiary/aromatic N) is 1. The van der Waals surface area contributed by atoms with Crippen LogP contribution in [0.5, 0.6) is 0 Å². The molecule has 1 fully saturated rings. The quantitative estimate of drug-likeness (QED) is 0.854. The molecule has 0 saturated heterocycles. The minimum atomic E-state index is -3.28. The van der Waals surface area contributed by atoms with E-state index in [1.165, 1.54) is 10.6 Å². The van der Waals surface area contributed by atoms with Gasteiger partial charge < -0.3 is 11.1 Å². The van der Waals surface area contributed by atoms with Crippen molar-refractivity contribution in [1.29, 1.82) is 0 Å². The molecular formula is C17H25N3O3S. The number of carbonyl (C=O) groups is 1. The van der Waals surface area contributed by atoms with E-state index in [1.54, 1.807) is 12.1 Å². The van der Waals surface area contributed by atoms with Crippen LogP contribution in [0.4, 0.5) is 5.69 Å². The number of rotatable bonds is 4. The maximum absolute atomic E-state index is 12.5. The van der Waals surface area contributed by atoms with Crippen LogP contribution in [0.1, 0.15) is 41.6 Å². The van der Waals surface area contributed by atoms with Gasteiger partial charge >= 0.3 is 0 Å². The Morgan fingerprint density at radius 2 is 2.12 bits per heavy atom. The number of carbonyl (C=O) groups excluding carboxylic acids is 1. The van der Waals surface area contributed by atoms with Crippen molar-refractivity contribution >= 4 is 21.6 Å². The van der Waals surface area contributed by atoms with Crippen LogP contribution in [0.15, 0.2) is 18.2 Å². The monoisotopic (exact) mass is 351 g/mol. The Hall–Kier alpha value is -1.60. The van der Waals surface area contributed by atoms with Crippen LogP contribution >= 0.6 is 0 Å². The summed E-state index contributed by atoms with van der Waals surface area (Å²) in [6.45, 7) is 1.09. The maximum atomic E-state index is 12.5. The minimum Gasteiger partial charge on any atom is -0.349 e. The molecule has 1 aromatic carbocycles. The third-order valence-corrected chi connectivity index (χ3v) is 6.28. The van der Waals surface area contributed by atoms with E-state index >= 15 is 0 Å². The fourth-order valence-electron chi connectivity index (χ4n) is 3.81. The summed E-state index contributed by atoms with van der Waals surface area (Å²) in [5.74, 6) is 0.256. The van der Waals surface area contributed by atoms with Crippen LogP contribution in [0, 0.1) is 5.92 Å². The van der Waals surface area contributed by atoms with E-state index in [0.29, 0.717) is 30.3 Å². The Labute approximate surface area is 143 Å². The van der Waals surface area contributed by atoms with Crippen molar-refractivity contribution in [2.45, 2.75) is 38.1 Å². The fraction of sp³-hybridized carbons (Fsp3) is 0.588. The lowest BCUT2D eigenvalue weighted by Crippen LogP contribution is -2.40. The lowest BCUT2D eigenvalue weighted by molar-refractivity contribution is 0.0928. The second-order valence-electron chi connectivity index (χ2n) is 6.79. The first-order valence-electron chi connectivity index (χ1n) is 8.51. The van der Waals surface area contributed by atoms with Gasteiger partial charge in [-0.3, -0.25) is 9.10 Å². The lowest BCUT2D eigenvalue weighted by atomic mass is 9.99. The molecule has 1 amide bonds. The van der Waals surface area contributed by atoms with Gasteiger partial charge in [0.1, 0.15) is 0 Å². The number of anilines is 1. The first-order valence-corrected chi connectivity index (χ1v) is 10.4. The summed E-state index contributed by atoms with van der Waals surface area (Å²) in [5, 5.41) is 3.09. The molecule has 1 aliphatic heterocycles. The predicted molar refractivity (Wildman–Crippen MR) is 94.6 cm³/mol. The highest BCUT2D eigenvalue weighted by Gasteiger charge is 2.28. The third-order valence-electron chi connectivity index (χ3n) is 5.10. The van der Waals surface area contributed by atoms with Gasteiger partial charge in [-0.1, -0.05) is 6.42 Å². The van der Waals surface area contributed by atoms with Crippen LogP contribution in [0.25, 0.3) is 0 Å². The molecule has 0 radical (unpaired) electrons. The Kier molecular flexibility index (Phi) is 4.83. The second kappa shape index (κ2) is 6.72. The van der Waals surface area contributed by atoms with Gasteiger partial charge in [0, 0.05) is 18.2 Å². The van der Waals surface area contributed by atoms with Crippen LogP contribution in [0.3, 0.4) is 0 Å². The molecule has 1 heterocycles. The molecule has 24 heavy (non-hydrogen) atoms. The summed E-state index contributed by atoms with van der Waals surface area (Å²) in [4.78, 5) is 12.5. The molecule has 3 N–H and O–H groups in total. The van der Waals surface area contributed by atoms with E-state index in [9.17, 15) is 13.2 Å². The standard InChI is InChI=1S/C17H25N3O3S/c1-24(22,23)20-9-3-5-12-10-13(7-8-16(12)20)17(21)19-15-6-2-4-14(15)11-18/h7-8,10,14-15H,2-6,9,11,18H2,1H3,(H,19,21). The molecule has 0 aromatic heterocycles. The summed E-state index contributed by atoms with van der Waals surface area (Å²) in [6.07, 6.45) is 5.91. The number of aryl methyl sites for hydroxylation is 1. The van der Waals surface area contributed by atoms with Crippen LogP contribution in [-0.2, 0) is 16.4 Å². The smallest absolute Gasteiger partial charge is 0.251 e. The first kappa shape index (κ1) is 17.2. The molecular weight excluding hydrogens is 326 g/mol. The van der Waals surface area contributed by atoms with E-state index in [2.05, 4.69) is 5.32 Å². The zero-order valence-corrected chi connectivity index (χ0v) is 14.8. The SMILES string of the molecule is CS(=O)(=O)N1CCCc2cc(C(=O)NC3CCCC3CN)ccc21. The number of amides is 1. The topological polar surface area (TPSA) is 92.5 Å². The maximum Gasteiger partial charge on any atom is 0.251 e. The summed E-state index contributed by atoms with van der Waals surface area (Å²) >= 11 is 0. The van der Waals surface area contributed by atoms with E-state index in [0.717, 1.165) is 37.7 Å². The van der Waals surface area contributed by atoms with Crippen molar-refractivity contribution in [1.82, 2.24) is 5.32 Å². The highest BCUT2D eigenvalue weighted by Crippen LogP contribution is 2.30. The lowest BCUT2D eigenvalue weighted by Gasteiger charge is -2.29. The summed E-state index contributed by atoms with van der Waals surface area (Å²) in [6, 6.07) is 5.43. The van der Waals surface area contributed by atoms with E-state index in [-0.39, 0.29) is 11.9 Å². The van der Waals surface area contributed by atoms with Gasteiger partial charge in [0.25, 0.3) is 5.91 Å². The Balaban J connectivity index is 1.80. The normalized spacial score (nSPS) is 23.8. The van der Waals surface area contributed by atoms with Crippen molar-refractivity contribution in [2.75, 3.05) is 23.7 Å². The number of nitrogens with two attached hydrogens (primary N) is 1. The Bertz CT molecular complexity index is 733. The van der Waals surface area contributed by atoms with E-state index < -0.39 is 10.0 Å². The Morgan fingerprint density at radius 1 is 1.33 bits per heavy atom. The zero-order chi connectivity index (χ0) is 17.3. The molecule has 1 aromatic rings. The number of hydrogen-bond acceptors (Lipinski definition) is 4. The highest BCUT2D eigenvalue weighted by molar-refractivity contribution is 7.92. The van der Waals surface area contributed by atoms with Crippen LogP contribution < -0.4 is 15.4 Å². The molecule has 1 saturated carbocycles. The zero-order valence-electron chi connectivity index (χ0n) is 14.0. The molecule has 2 unspecified atom stereocenters. The molecule has 0 bridgehead atoms. The molecule has 7 heteroatoms. The number of sulfonamides is 1. The molecule has 3 rings (SSSR count). The van der Waals surface area contributed by atoms with Crippen molar-refractivity contribution in [2.24, 2.45) is 11.7 Å². The van der Waals surface area contributed by atoms with Crippen LogP contribution in [0.2, 0.25) is 0 Å². The van der Waals surface area contributed by atoms with Gasteiger partial charge in [-0.05, 0) is 61.9 Å². The average molecular weight is 351 g/mol. The van der Waals surface area contributed by atoms with Gasteiger partial charge in [0.05, 0.1) is 11.9 Å². The Morgan fingerprint density at radius 3 is 2.83 bits per heavy atom. The van der Waals surface area contributed by atoms with Crippen molar-refractivity contribution < 1.29 is 13.2 Å². The summed E-state index contributed by atoms with van der Waals surface area (Å²) < 4.78 is 25.2. The number of nitrogens with one attached hydrogen (secondary N) is 1. The number of hydrogen-bond donors (Lipinski definition) is 2. The van der Waals surface area contributed by atoms with E-state index in [1.807, 2.05) is 6.07 Å². The third kappa shape index (κ3) is 3.42. The minimum absolute atomic E-state index is 0.0976. The van der Waals surface area contributed by atoms with Gasteiger partial charge in [0.15, 0.2) is 0 Å². The van der Waals surface area contributed by atoms with Gasteiger partial charge in [-0.2, -0.15) is 0 Å². The number of benzene rings is 1. The molecule has 2 aliphatic rings. The van der Waals surface area contributed by atoms with Gasteiger partial charge in [-0.15, -0.1) is 0 Å². The number of fused-ring (bicyclic) bond motifs is 1. The molecule has 0 spiro atoms. The molecule has 6 nitrogen and oxygen atoms in total. The predicted octanol–water partition coefficient (Wildman–Crippen LogP) is 1.26.